The third-order valence-electron chi connectivity index (χ3n) is 4.03. The Morgan fingerprint density at radius 1 is 1.38 bits per heavy atom. The van der Waals surface area contributed by atoms with Gasteiger partial charge < -0.3 is 14.8 Å². The summed E-state index contributed by atoms with van der Waals surface area (Å²) in [4.78, 5) is 27.4. The molecular formula is C17H21FN2O4. The van der Waals surface area contributed by atoms with E-state index in [-0.39, 0.29) is 24.5 Å². The summed E-state index contributed by atoms with van der Waals surface area (Å²) in [6.45, 7) is -0.390. The Hall–Kier alpha value is -2.44. The van der Waals surface area contributed by atoms with Gasteiger partial charge in [-0.05, 0) is 43.7 Å². The Bertz CT molecular complexity index is 641. The highest BCUT2D eigenvalue weighted by molar-refractivity contribution is 5.96. The first-order valence-corrected chi connectivity index (χ1v) is 7.64. The van der Waals surface area contributed by atoms with Crippen molar-refractivity contribution in [1.82, 2.24) is 0 Å². The van der Waals surface area contributed by atoms with E-state index in [1.807, 2.05) is 0 Å². The average Bonchev–Trinajstić information content (AvgIpc) is 3.39. The summed E-state index contributed by atoms with van der Waals surface area (Å²) in [6.07, 6.45) is 3.94. The van der Waals surface area contributed by atoms with Gasteiger partial charge in [-0.1, -0.05) is 0 Å². The van der Waals surface area contributed by atoms with Crippen molar-refractivity contribution in [2.24, 2.45) is 10.4 Å². The SMILES string of the molecule is COC(=O)c1ccc(NC(=O)CN=CCC2(CF)CC2)c(OC)c1. The molecule has 0 bridgehead atoms. The lowest BCUT2D eigenvalue weighted by Gasteiger charge is -2.11. The van der Waals surface area contributed by atoms with E-state index in [0.717, 1.165) is 12.8 Å². The number of carbonyl (C=O) groups excluding carboxylic acids is 2. The summed E-state index contributed by atoms with van der Waals surface area (Å²) in [5.74, 6) is -0.456. The van der Waals surface area contributed by atoms with Gasteiger partial charge >= 0.3 is 5.97 Å². The summed E-state index contributed by atoms with van der Waals surface area (Å²) >= 11 is 0. The fourth-order valence-electron chi connectivity index (χ4n) is 2.20. The first-order valence-electron chi connectivity index (χ1n) is 7.64. The maximum absolute atomic E-state index is 12.7. The number of anilines is 1. The van der Waals surface area contributed by atoms with Crippen LogP contribution in [0.1, 0.15) is 29.6 Å². The number of nitrogens with one attached hydrogen (secondary N) is 1. The first kappa shape index (κ1) is 17.9. The minimum absolute atomic E-state index is 0.0513. The van der Waals surface area contributed by atoms with E-state index < -0.39 is 5.97 Å². The number of benzene rings is 1. The van der Waals surface area contributed by atoms with Crippen molar-refractivity contribution in [1.29, 1.82) is 0 Å². The van der Waals surface area contributed by atoms with Gasteiger partial charge in [-0.2, -0.15) is 0 Å². The highest BCUT2D eigenvalue weighted by Crippen LogP contribution is 2.48. The normalized spacial score (nSPS) is 15.1. The number of carbonyl (C=O) groups is 2. The zero-order valence-electron chi connectivity index (χ0n) is 13.8. The molecule has 130 valence electrons. The van der Waals surface area contributed by atoms with Crippen LogP contribution in [0.4, 0.5) is 10.1 Å². The second-order valence-electron chi connectivity index (χ2n) is 5.82. The lowest BCUT2D eigenvalue weighted by molar-refractivity contribution is -0.114. The molecule has 0 unspecified atom stereocenters. The maximum atomic E-state index is 12.7. The van der Waals surface area contributed by atoms with Crippen LogP contribution in [0, 0.1) is 5.41 Å². The molecule has 1 saturated carbocycles. The number of methoxy groups -OCH3 is 2. The monoisotopic (exact) mass is 336 g/mol. The predicted molar refractivity (Wildman–Crippen MR) is 88.6 cm³/mol. The van der Waals surface area contributed by atoms with Crippen molar-refractivity contribution < 1.29 is 23.5 Å². The molecule has 0 spiro atoms. The molecule has 24 heavy (non-hydrogen) atoms. The summed E-state index contributed by atoms with van der Waals surface area (Å²) < 4.78 is 22.5. The average molecular weight is 336 g/mol. The van der Waals surface area contributed by atoms with Gasteiger partial charge in [0.25, 0.3) is 0 Å². The standard InChI is InChI=1S/C17H21FN2O4/c1-23-14-9-12(16(22)24-2)3-4-13(14)20-15(21)10-19-8-7-17(11-18)5-6-17/h3-4,8-9H,5-7,10-11H2,1-2H3,(H,20,21). The summed E-state index contributed by atoms with van der Waals surface area (Å²) in [5.41, 5.74) is 0.534. The third kappa shape index (κ3) is 4.53. The van der Waals surface area contributed by atoms with Crippen molar-refractivity contribution >= 4 is 23.8 Å². The fourth-order valence-corrected chi connectivity index (χ4v) is 2.20. The summed E-state index contributed by atoms with van der Waals surface area (Å²) in [7, 11) is 2.73. The van der Waals surface area contributed by atoms with Crippen molar-refractivity contribution in [3.05, 3.63) is 23.8 Å². The molecular weight excluding hydrogens is 315 g/mol. The van der Waals surface area contributed by atoms with E-state index in [9.17, 15) is 14.0 Å². The smallest absolute Gasteiger partial charge is 0.337 e. The topological polar surface area (TPSA) is 77.0 Å². The molecule has 0 aromatic heterocycles. The zero-order valence-corrected chi connectivity index (χ0v) is 13.8. The molecule has 7 heteroatoms. The number of hydrogen-bond donors (Lipinski definition) is 1. The Morgan fingerprint density at radius 2 is 2.12 bits per heavy atom. The van der Waals surface area contributed by atoms with Crippen LogP contribution in [0.3, 0.4) is 0 Å². The summed E-state index contributed by atoms with van der Waals surface area (Å²) in [6, 6.07) is 4.59. The van der Waals surface area contributed by atoms with Crippen LogP contribution in [-0.4, -0.2) is 45.5 Å². The van der Waals surface area contributed by atoms with E-state index in [4.69, 9.17) is 4.74 Å². The van der Waals surface area contributed by atoms with Crippen molar-refractivity contribution in [3.63, 3.8) is 0 Å². The molecule has 1 aliphatic rings. The van der Waals surface area contributed by atoms with Gasteiger partial charge in [0.05, 0.1) is 32.1 Å². The van der Waals surface area contributed by atoms with Crippen molar-refractivity contribution in [2.75, 3.05) is 32.8 Å². The van der Waals surface area contributed by atoms with Gasteiger partial charge in [-0.3, -0.25) is 14.2 Å². The van der Waals surface area contributed by atoms with Crippen LogP contribution >= 0.6 is 0 Å². The van der Waals surface area contributed by atoms with Gasteiger partial charge in [0.1, 0.15) is 12.3 Å². The number of ether oxygens (including phenoxy) is 2. The quantitative estimate of drug-likeness (QED) is 0.585. The maximum Gasteiger partial charge on any atom is 0.337 e. The Morgan fingerprint density at radius 3 is 2.71 bits per heavy atom. The summed E-state index contributed by atoms with van der Waals surface area (Å²) in [5, 5.41) is 2.67. The molecule has 2 rings (SSSR count). The molecule has 0 saturated heterocycles. The van der Waals surface area contributed by atoms with Crippen LogP contribution in [-0.2, 0) is 9.53 Å². The number of halogens is 1. The number of nitrogens with zero attached hydrogens (tertiary/aromatic N) is 1. The first-order chi connectivity index (χ1) is 11.5. The minimum Gasteiger partial charge on any atom is -0.495 e. The minimum atomic E-state index is -0.488. The van der Waals surface area contributed by atoms with Gasteiger partial charge in [0, 0.05) is 5.41 Å². The predicted octanol–water partition coefficient (Wildman–Crippen LogP) is 2.63. The highest BCUT2D eigenvalue weighted by Gasteiger charge is 2.41. The zero-order chi connectivity index (χ0) is 17.6. The van der Waals surface area contributed by atoms with Gasteiger partial charge in [-0.25, -0.2) is 4.79 Å². The Labute approximate surface area is 140 Å². The lowest BCUT2D eigenvalue weighted by Crippen LogP contribution is -2.16. The highest BCUT2D eigenvalue weighted by atomic mass is 19.1. The third-order valence-corrected chi connectivity index (χ3v) is 4.03. The Balaban J connectivity index is 1.91. The number of rotatable bonds is 8. The van der Waals surface area contributed by atoms with E-state index in [2.05, 4.69) is 15.0 Å². The van der Waals surface area contributed by atoms with Crippen LogP contribution in [0.15, 0.2) is 23.2 Å². The van der Waals surface area contributed by atoms with Crippen molar-refractivity contribution in [3.8, 4) is 5.75 Å². The number of hydrogen-bond acceptors (Lipinski definition) is 5. The van der Waals surface area contributed by atoms with E-state index in [0.29, 0.717) is 23.4 Å². The van der Waals surface area contributed by atoms with Crippen LogP contribution < -0.4 is 10.1 Å². The van der Waals surface area contributed by atoms with Gasteiger partial charge in [-0.15, -0.1) is 0 Å². The van der Waals surface area contributed by atoms with Crippen molar-refractivity contribution in [2.45, 2.75) is 19.3 Å². The van der Waals surface area contributed by atoms with Crippen LogP contribution in [0.25, 0.3) is 0 Å². The molecule has 1 fully saturated rings. The molecule has 0 aliphatic heterocycles. The molecule has 0 radical (unpaired) electrons. The molecule has 1 aliphatic carbocycles. The number of alkyl halides is 1. The molecule has 0 heterocycles. The largest absolute Gasteiger partial charge is 0.495 e. The fraction of sp³-hybridized carbons (Fsp3) is 0.471. The second-order valence-corrected chi connectivity index (χ2v) is 5.82. The van der Waals surface area contributed by atoms with Gasteiger partial charge in [0.15, 0.2) is 0 Å². The molecule has 1 amide bonds. The number of amides is 1. The molecule has 6 nitrogen and oxygen atoms in total. The molecule has 1 aromatic rings. The van der Waals surface area contributed by atoms with Gasteiger partial charge in [0.2, 0.25) is 5.91 Å². The molecule has 1 aromatic carbocycles. The lowest BCUT2D eigenvalue weighted by atomic mass is 10.1. The van der Waals surface area contributed by atoms with E-state index in [1.54, 1.807) is 12.3 Å². The number of aliphatic imine (C=N–C) groups is 1. The molecule has 1 N–H and O–H groups in total. The van der Waals surface area contributed by atoms with E-state index >= 15 is 0 Å². The Kier molecular flexibility index (Phi) is 5.89. The van der Waals surface area contributed by atoms with Crippen LogP contribution in [0.2, 0.25) is 0 Å². The van der Waals surface area contributed by atoms with E-state index in [1.165, 1.54) is 26.4 Å². The number of esters is 1. The molecule has 0 atom stereocenters. The second kappa shape index (κ2) is 7.90. The van der Waals surface area contributed by atoms with Crippen LogP contribution in [0.5, 0.6) is 5.75 Å².